The quantitative estimate of drug-likeness (QED) is 0.427. The average molecular weight is 536 g/mol. The van der Waals surface area contributed by atoms with Gasteiger partial charge in [0.2, 0.25) is 0 Å². The lowest BCUT2D eigenvalue weighted by Crippen LogP contribution is -2.55. The van der Waals surface area contributed by atoms with E-state index >= 15 is 0 Å². The van der Waals surface area contributed by atoms with Gasteiger partial charge in [0, 0.05) is 43.0 Å². The number of methoxy groups -OCH3 is 1. The summed E-state index contributed by atoms with van der Waals surface area (Å²) in [4.78, 5) is 13.6. The van der Waals surface area contributed by atoms with Crippen LogP contribution in [0.2, 0.25) is 0 Å². The Bertz CT molecular complexity index is 1450. The van der Waals surface area contributed by atoms with Crippen molar-refractivity contribution in [1.29, 1.82) is 0 Å². The number of hydrogen-bond acceptors (Lipinski definition) is 5. The predicted molar refractivity (Wildman–Crippen MR) is 150 cm³/mol. The Morgan fingerprint density at radius 3 is 2.18 bits per heavy atom. The van der Waals surface area contributed by atoms with Crippen LogP contribution in [0.4, 0.5) is 5.69 Å². The topological polar surface area (TPSA) is 99.2 Å². The first-order chi connectivity index (χ1) is 18.1. The van der Waals surface area contributed by atoms with Gasteiger partial charge in [-0.3, -0.25) is 4.79 Å². The smallest absolute Gasteiger partial charge is 0.321 e. The Morgan fingerprint density at radius 1 is 0.947 bits per heavy atom. The second-order valence-corrected chi connectivity index (χ2v) is 11.5. The second-order valence-electron chi connectivity index (χ2n) is 9.75. The Morgan fingerprint density at radius 2 is 1.55 bits per heavy atom. The van der Waals surface area contributed by atoms with Crippen molar-refractivity contribution in [2.75, 3.05) is 38.2 Å². The van der Waals surface area contributed by atoms with Gasteiger partial charge in [-0.1, -0.05) is 37.8 Å². The van der Waals surface area contributed by atoms with Gasteiger partial charge in [0.1, 0.15) is 11.8 Å². The summed E-state index contributed by atoms with van der Waals surface area (Å²) in [6.07, 6.45) is 0.236. The molecule has 2 N–H and O–H groups in total. The fourth-order valence-electron chi connectivity index (χ4n) is 4.44. The lowest BCUT2D eigenvalue weighted by Gasteiger charge is -2.35. The van der Waals surface area contributed by atoms with Crippen molar-refractivity contribution >= 4 is 32.6 Å². The summed E-state index contributed by atoms with van der Waals surface area (Å²) in [6.45, 7) is 5.30. The number of nitrogens with one attached hydrogen (secondary N) is 1. The summed E-state index contributed by atoms with van der Waals surface area (Å²) in [6, 6.07) is 18.8. The lowest BCUT2D eigenvalue weighted by atomic mass is 10.1. The Balaban J connectivity index is 1.36. The third-order valence-electron chi connectivity index (χ3n) is 6.51. The second kappa shape index (κ2) is 11.9. The Hall–Kier alpha value is -3.58. The number of anilines is 1. The van der Waals surface area contributed by atoms with Gasteiger partial charge in [-0.15, -0.1) is 0 Å². The summed E-state index contributed by atoms with van der Waals surface area (Å²) in [5, 5.41) is 11.6. The summed E-state index contributed by atoms with van der Waals surface area (Å²) in [5.74, 6) is 6.15. The maximum atomic E-state index is 12.8. The van der Waals surface area contributed by atoms with E-state index in [0.717, 1.165) is 33.3 Å². The molecule has 38 heavy (non-hydrogen) atoms. The van der Waals surface area contributed by atoms with Gasteiger partial charge in [0.15, 0.2) is 0 Å². The van der Waals surface area contributed by atoms with Crippen LogP contribution in [0.15, 0.2) is 60.7 Å². The molecule has 0 saturated carbocycles. The number of benzene rings is 3. The molecule has 200 valence electrons. The van der Waals surface area contributed by atoms with E-state index in [-0.39, 0.29) is 25.4 Å². The van der Waals surface area contributed by atoms with Gasteiger partial charge in [-0.05, 0) is 71.6 Å². The van der Waals surface area contributed by atoms with Gasteiger partial charge in [0.25, 0.3) is 10.2 Å². The summed E-state index contributed by atoms with van der Waals surface area (Å²) >= 11 is 0. The number of carboxylic acids is 1. The molecule has 1 saturated heterocycles. The minimum atomic E-state index is -3.89. The van der Waals surface area contributed by atoms with E-state index < -0.39 is 22.2 Å². The molecule has 8 nitrogen and oxygen atoms in total. The number of rotatable bonds is 8. The van der Waals surface area contributed by atoms with E-state index in [0.29, 0.717) is 13.1 Å². The number of nitrogens with zero attached hydrogens (tertiary/aromatic N) is 2. The number of carbonyl (C=O) groups is 1. The highest BCUT2D eigenvalue weighted by molar-refractivity contribution is 7.87. The van der Waals surface area contributed by atoms with Crippen LogP contribution in [0.3, 0.4) is 0 Å². The van der Waals surface area contributed by atoms with Crippen LogP contribution in [0.25, 0.3) is 10.8 Å². The van der Waals surface area contributed by atoms with E-state index in [1.807, 2.05) is 68.4 Å². The first kappa shape index (κ1) is 27.5. The van der Waals surface area contributed by atoms with E-state index in [1.165, 1.54) is 4.31 Å². The molecule has 3 aromatic carbocycles. The van der Waals surface area contributed by atoms with Crippen molar-refractivity contribution in [2.45, 2.75) is 26.3 Å². The van der Waals surface area contributed by atoms with E-state index in [1.54, 1.807) is 7.11 Å². The predicted octanol–water partition coefficient (Wildman–Crippen LogP) is 3.70. The van der Waals surface area contributed by atoms with Gasteiger partial charge in [-0.2, -0.15) is 17.4 Å². The molecule has 1 fully saturated rings. The van der Waals surface area contributed by atoms with Crippen molar-refractivity contribution in [2.24, 2.45) is 5.92 Å². The molecule has 0 amide bonds. The van der Waals surface area contributed by atoms with Crippen LogP contribution >= 0.6 is 0 Å². The van der Waals surface area contributed by atoms with Gasteiger partial charge < -0.3 is 14.7 Å². The first-order valence-electron chi connectivity index (χ1n) is 12.6. The monoisotopic (exact) mass is 535 g/mol. The maximum absolute atomic E-state index is 12.8. The van der Waals surface area contributed by atoms with Crippen molar-refractivity contribution in [3.05, 3.63) is 71.8 Å². The molecular weight excluding hydrogens is 502 g/mol. The first-order valence-corrected chi connectivity index (χ1v) is 14.0. The highest BCUT2D eigenvalue weighted by Gasteiger charge is 2.31. The fourth-order valence-corrected chi connectivity index (χ4v) is 5.79. The van der Waals surface area contributed by atoms with Crippen molar-refractivity contribution in [1.82, 2.24) is 9.03 Å². The van der Waals surface area contributed by atoms with Crippen LogP contribution in [0.1, 0.15) is 31.4 Å². The van der Waals surface area contributed by atoms with Crippen LogP contribution < -0.4 is 14.4 Å². The normalized spacial score (nSPS) is 15.2. The van der Waals surface area contributed by atoms with Crippen LogP contribution in [0, 0.1) is 17.8 Å². The van der Waals surface area contributed by atoms with Crippen molar-refractivity contribution in [3.8, 4) is 17.6 Å². The SMILES string of the molecule is COc1ccc2cc(C#Cc3ccc(N4CCN(S(=O)(=O)N[C@@H](CC(C)C)C(=O)O)CC4)cc3)ccc2c1. The molecular formula is C29H33N3O5S. The highest BCUT2D eigenvalue weighted by atomic mass is 32.2. The van der Waals surface area contributed by atoms with Crippen LogP contribution in [0.5, 0.6) is 5.75 Å². The molecule has 1 aliphatic heterocycles. The third-order valence-corrected chi connectivity index (χ3v) is 8.13. The molecule has 0 radical (unpaired) electrons. The Kier molecular flexibility index (Phi) is 8.57. The molecule has 0 spiro atoms. The summed E-state index contributed by atoms with van der Waals surface area (Å²) < 4.78 is 34.5. The summed E-state index contributed by atoms with van der Waals surface area (Å²) in [5.41, 5.74) is 2.80. The molecule has 1 heterocycles. The molecule has 0 bridgehead atoms. The number of hydrogen-bond donors (Lipinski definition) is 2. The van der Waals surface area contributed by atoms with E-state index in [9.17, 15) is 18.3 Å². The largest absolute Gasteiger partial charge is 0.497 e. The fraction of sp³-hybridized carbons (Fsp3) is 0.345. The van der Waals surface area contributed by atoms with Crippen LogP contribution in [-0.4, -0.2) is 63.1 Å². The van der Waals surface area contributed by atoms with Crippen LogP contribution in [-0.2, 0) is 15.0 Å². The minimum Gasteiger partial charge on any atom is -0.497 e. The van der Waals surface area contributed by atoms with Gasteiger partial charge in [-0.25, -0.2) is 0 Å². The third kappa shape index (κ3) is 6.84. The average Bonchev–Trinajstić information content (AvgIpc) is 2.91. The molecule has 1 atom stereocenters. The standard InChI is InChI=1S/C29H33N3O5S/c1-21(2)18-28(29(33)34)30-38(35,36)32-16-14-31(15-17-32)26-11-7-22(8-12-26)4-5-23-6-9-25-20-27(37-3)13-10-24(25)19-23/h6-13,19-21,28,30H,14-18H2,1-3H3,(H,33,34)/t28-/m0/s1. The highest BCUT2D eigenvalue weighted by Crippen LogP contribution is 2.22. The van der Waals surface area contributed by atoms with E-state index in [2.05, 4.69) is 27.5 Å². The Labute approximate surface area is 224 Å². The molecule has 9 heteroatoms. The molecule has 3 aromatic rings. The molecule has 4 rings (SSSR count). The number of fused-ring (bicyclic) bond motifs is 1. The summed E-state index contributed by atoms with van der Waals surface area (Å²) in [7, 11) is -2.23. The van der Waals surface area contributed by atoms with Crippen molar-refractivity contribution < 1.29 is 23.1 Å². The molecule has 1 aliphatic rings. The number of carboxylic acid groups (broad SMARTS) is 1. The lowest BCUT2D eigenvalue weighted by molar-refractivity contribution is -0.139. The number of ether oxygens (including phenoxy) is 1. The molecule has 0 unspecified atom stereocenters. The minimum absolute atomic E-state index is 0.0560. The van der Waals surface area contributed by atoms with E-state index in [4.69, 9.17) is 4.74 Å². The zero-order valence-corrected chi connectivity index (χ0v) is 22.7. The molecule has 0 aromatic heterocycles. The molecule has 0 aliphatic carbocycles. The number of aliphatic carboxylic acids is 1. The van der Waals surface area contributed by atoms with Crippen molar-refractivity contribution in [3.63, 3.8) is 0 Å². The van der Waals surface area contributed by atoms with Gasteiger partial charge in [0.05, 0.1) is 7.11 Å². The van der Waals surface area contributed by atoms with Gasteiger partial charge >= 0.3 is 5.97 Å². The zero-order chi connectivity index (χ0) is 27.3. The number of piperazine rings is 1. The maximum Gasteiger partial charge on any atom is 0.321 e. The zero-order valence-electron chi connectivity index (χ0n) is 21.8.